The van der Waals surface area contributed by atoms with Crippen LogP contribution >= 0.6 is 12.2 Å². The van der Waals surface area contributed by atoms with Gasteiger partial charge in [-0.1, -0.05) is 35.9 Å². The van der Waals surface area contributed by atoms with E-state index in [2.05, 4.69) is 52.9 Å². The number of aryl methyl sites for hydroxylation is 1. The molecular formula is C16H23N3S. The fourth-order valence-electron chi connectivity index (χ4n) is 2.45. The fourth-order valence-corrected chi connectivity index (χ4v) is 2.71. The van der Waals surface area contributed by atoms with Crippen LogP contribution in [0.3, 0.4) is 0 Å². The standard InChI is InChI=1S/C16H23N3S/c1-3-7-17-16(20)19-10-8-18(9-11-19)13-15-6-4-5-14(2)12-15/h3-6,12H,1,7-11,13H2,2H3,(H,17,20). The summed E-state index contributed by atoms with van der Waals surface area (Å²) in [7, 11) is 0. The predicted octanol–water partition coefficient (Wildman–Crippen LogP) is 2.17. The van der Waals surface area contributed by atoms with E-state index in [1.807, 2.05) is 6.08 Å². The average molecular weight is 289 g/mol. The Morgan fingerprint density at radius 3 is 2.75 bits per heavy atom. The molecule has 0 amide bonds. The number of piperazine rings is 1. The van der Waals surface area contributed by atoms with Crippen molar-refractivity contribution in [1.82, 2.24) is 15.1 Å². The Bertz CT molecular complexity index is 465. The number of benzene rings is 1. The first-order valence-electron chi connectivity index (χ1n) is 7.10. The monoisotopic (exact) mass is 289 g/mol. The predicted molar refractivity (Wildman–Crippen MR) is 88.8 cm³/mol. The summed E-state index contributed by atoms with van der Waals surface area (Å²) >= 11 is 5.37. The first-order valence-corrected chi connectivity index (χ1v) is 7.51. The molecule has 1 aliphatic heterocycles. The van der Waals surface area contributed by atoms with Crippen LogP contribution in [0.25, 0.3) is 0 Å². The van der Waals surface area contributed by atoms with Crippen LogP contribution in [-0.2, 0) is 6.54 Å². The molecule has 1 aliphatic rings. The summed E-state index contributed by atoms with van der Waals surface area (Å²) in [5.74, 6) is 0. The van der Waals surface area contributed by atoms with Crippen molar-refractivity contribution in [3.05, 3.63) is 48.0 Å². The van der Waals surface area contributed by atoms with Crippen molar-refractivity contribution in [2.75, 3.05) is 32.7 Å². The lowest BCUT2D eigenvalue weighted by molar-refractivity contribution is 0.175. The van der Waals surface area contributed by atoms with Gasteiger partial charge in [0.1, 0.15) is 0 Å². The minimum absolute atomic E-state index is 0.738. The molecule has 0 spiro atoms. The van der Waals surface area contributed by atoms with E-state index in [9.17, 15) is 0 Å². The molecule has 108 valence electrons. The van der Waals surface area contributed by atoms with E-state index in [1.54, 1.807) is 0 Å². The summed E-state index contributed by atoms with van der Waals surface area (Å²) < 4.78 is 0. The summed E-state index contributed by atoms with van der Waals surface area (Å²) in [6.45, 7) is 11.7. The van der Waals surface area contributed by atoms with Gasteiger partial charge in [0.05, 0.1) is 0 Å². The van der Waals surface area contributed by atoms with Crippen molar-refractivity contribution in [3.8, 4) is 0 Å². The third-order valence-electron chi connectivity index (χ3n) is 3.55. The summed E-state index contributed by atoms with van der Waals surface area (Å²) in [6.07, 6.45) is 1.83. The molecule has 1 N–H and O–H groups in total. The molecule has 1 fully saturated rings. The van der Waals surface area contributed by atoms with E-state index >= 15 is 0 Å². The highest BCUT2D eigenvalue weighted by Gasteiger charge is 2.18. The van der Waals surface area contributed by atoms with Crippen molar-refractivity contribution >= 4 is 17.3 Å². The highest BCUT2D eigenvalue weighted by Crippen LogP contribution is 2.10. The van der Waals surface area contributed by atoms with Gasteiger partial charge in [0.15, 0.2) is 5.11 Å². The maximum Gasteiger partial charge on any atom is 0.169 e. The highest BCUT2D eigenvalue weighted by atomic mass is 32.1. The lowest BCUT2D eigenvalue weighted by atomic mass is 10.1. The minimum Gasteiger partial charge on any atom is -0.359 e. The fraction of sp³-hybridized carbons (Fsp3) is 0.438. The van der Waals surface area contributed by atoms with Crippen LogP contribution < -0.4 is 5.32 Å². The summed E-state index contributed by atoms with van der Waals surface area (Å²) in [5, 5.41) is 4.04. The van der Waals surface area contributed by atoms with Gasteiger partial charge in [-0.15, -0.1) is 6.58 Å². The lowest BCUT2D eigenvalue weighted by Gasteiger charge is -2.36. The Balaban J connectivity index is 1.79. The molecule has 0 atom stereocenters. The number of hydrogen-bond acceptors (Lipinski definition) is 2. The van der Waals surface area contributed by atoms with Gasteiger partial charge in [0.2, 0.25) is 0 Å². The highest BCUT2D eigenvalue weighted by molar-refractivity contribution is 7.80. The molecule has 3 nitrogen and oxygen atoms in total. The number of rotatable bonds is 4. The summed E-state index contributed by atoms with van der Waals surface area (Å²) in [6, 6.07) is 8.75. The van der Waals surface area contributed by atoms with Crippen molar-refractivity contribution in [3.63, 3.8) is 0 Å². The second-order valence-corrected chi connectivity index (χ2v) is 5.61. The first-order chi connectivity index (χ1) is 9.69. The molecule has 0 bridgehead atoms. The van der Waals surface area contributed by atoms with Crippen LogP contribution in [-0.4, -0.2) is 47.6 Å². The van der Waals surface area contributed by atoms with Gasteiger partial charge in [-0.3, -0.25) is 4.90 Å². The molecule has 1 heterocycles. The molecule has 1 aromatic rings. The zero-order chi connectivity index (χ0) is 14.4. The smallest absolute Gasteiger partial charge is 0.169 e. The Kier molecular flexibility index (Phi) is 5.56. The third kappa shape index (κ3) is 4.32. The number of thiocarbonyl (C=S) groups is 1. The van der Waals surface area contributed by atoms with Gasteiger partial charge in [0.25, 0.3) is 0 Å². The normalized spacial score (nSPS) is 15.9. The van der Waals surface area contributed by atoms with Gasteiger partial charge < -0.3 is 10.2 Å². The molecule has 0 aromatic heterocycles. The number of nitrogens with zero attached hydrogens (tertiary/aromatic N) is 2. The Morgan fingerprint density at radius 2 is 2.10 bits per heavy atom. The van der Waals surface area contributed by atoms with E-state index in [4.69, 9.17) is 12.2 Å². The van der Waals surface area contributed by atoms with Gasteiger partial charge in [-0.05, 0) is 24.7 Å². The molecule has 0 aliphatic carbocycles. The number of nitrogens with one attached hydrogen (secondary N) is 1. The molecule has 4 heteroatoms. The van der Waals surface area contributed by atoms with Gasteiger partial charge in [-0.25, -0.2) is 0 Å². The van der Waals surface area contributed by atoms with E-state index in [-0.39, 0.29) is 0 Å². The number of hydrogen-bond donors (Lipinski definition) is 1. The lowest BCUT2D eigenvalue weighted by Crippen LogP contribution is -2.51. The molecular weight excluding hydrogens is 266 g/mol. The van der Waals surface area contributed by atoms with Crippen molar-refractivity contribution < 1.29 is 0 Å². The van der Waals surface area contributed by atoms with E-state index in [1.165, 1.54) is 11.1 Å². The summed E-state index contributed by atoms with van der Waals surface area (Å²) in [5.41, 5.74) is 2.72. The topological polar surface area (TPSA) is 18.5 Å². The molecule has 2 rings (SSSR count). The Morgan fingerprint density at radius 1 is 1.35 bits per heavy atom. The largest absolute Gasteiger partial charge is 0.359 e. The molecule has 1 saturated heterocycles. The summed E-state index contributed by atoms with van der Waals surface area (Å²) in [4.78, 5) is 4.73. The SMILES string of the molecule is C=CCNC(=S)N1CCN(Cc2cccc(C)c2)CC1. The van der Waals surface area contributed by atoms with Crippen LogP contribution in [0.4, 0.5) is 0 Å². The van der Waals surface area contributed by atoms with E-state index < -0.39 is 0 Å². The average Bonchev–Trinajstić information content (AvgIpc) is 2.45. The second-order valence-electron chi connectivity index (χ2n) is 5.23. The van der Waals surface area contributed by atoms with Crippen LogP contribution in [0.1, 0.15) is 11.1 Å². The maximum absolute atomic E-state index is 5.37. The first kappa shape index (κ1) is 15.0. The zero-order valence-corrected chi connectivity index (χ0v) is 13.0. The quantitative estimate of drug-likeness (QED) is 0.676. The zero-order valence-electron chi connectivity index (χ0n) is 12.1. The molecule has 1 aromatic carbocycles. The van der Waals surface area contributed by atoms with Crippen molar-refractivity contribution in [1.29, 1.82) is 0 Å². The Labute approximate surface area is 127 Å². The molecule has 0 saturated carbocycles. The Hall–Kier alpha value is -1.39. The van der Waals surface area contributed by atoms with Crippen LogP contribution in [0.15, 0.2) is 36.9 Å². The van der Waals surface area contributed by atoms with Crippen LogP contribution in [0.2, 0.25) is 0 Å². The molecule has 0 radical (unpaired) electrons. The van der Waals surface area contributed by atoms with Gasteiger partial charge >= 0.3 is 0 Å². The second kappa shape index (κ2) is 7.41. The van der Waals surface area contributed by atoms with Crippen LogP contribution in [0, 0.1) is 6.92 Å². The molecule has 20 heavy (non-hydrogen) atoms. The van der Waals surface area contributed by atoms with E-state index in [0.717, 1.165) is 44.4 Å². The van der Waals surface area contributed by atoms with Crippen molar-refractivity contribution in [2.45, 2.75) is 13.5 Å². The van der Waals surface area contributed by atoms with E-state index in [0.29, 0.717) is 0 Å². The van der Waals surface area contributed by atoms with Crippen molar-refractivity contribution in [2.24, 2.45) is 0 Å². The van der Waals surface area contributed by atoms with Crippen LogP contribution in [0.5, 0.6) is 0 Å². The van der Waals surface area contributed by atoms with Gasteiger partial charge in [-0.2, -0.15) is 0 Å². The minimum atomic E-state index is 0.738. The maximum atomic E-state index is 5.37. The third-order valence-corrected chi connectivity index (χ3v) is 3.95. The molecule has 0 unspecified atom stereocenters. The van der Waals surface area contributed by atoms with Gasteiger partial charge in [0, 0.05) is 39.3 Å².